The maximum Gasteiger partial charge on any atom is 0.155 e. The van der Waals surface area contributed by atoms with Crippen LogP contribution in [0.1, 0.15) is 76.2 Å². The van der Waals surface area contributed by atoms with Crippen LogP contribution in [0.25, 0.3) is 0 Å². The minimum absolute atomic E-state index is 0.0961. The van der Waals surface area contributed by atoms with Gasteiger partial charge in [0.25, 0.3) is 0 Å². The summed E-state index contributed by atoms with van der Waals surface area (Å²) in [4.78, 5) is 11.9. The zero-order valence-electron chi connectivity index (χ0n) is 16.8. The van der Waals surface area contributed by atoms with E-state index >= 15 is 0 Å². The first-order valence-electron chi connectivity index (χ1n) is 10.5. The van der Waals surface area contributed by atoms with E-state index in [1.807, 2.05) is 13.0 Å². The first-order chi connectivity index (χ1) is 11.5. The predicted molar refractivity (Wildman–Crippen MR) is 87.3 cm³/mol. The lowest BCUT2D eigenvalue weighted by Crippen LogP contribution is -2.53. The lowest BCUT2D eigenvalue weighted by atomic mass is 9.46. The summed E-state index contributed by atoms with van der Waals surface area (Å²) in [6.07, 6.45) is 8.45. The van der Waals surface area contributed by atoms with Crippen molar-refractivity contribution in [1.82, 2.24) is 0 Å². The molecule has 0 heterocycles. The monoisotopic (exact) mass is 305 g/mol. The van der Waals surface area contributed by atoms with Crippen molar-refractivity contribution in [2.75, 3.05) is 0 Å². The molecule has 1 N–H and O–H groups in total. The summed E-state index contributed by atoms with van der Waals surface area (Å²) < 4.78 is 23.9. The molecule has 2 nitrogen and oxygen atoms in total. The number of fused-ring (bicyclic) bond motifs is 5. The Morgan fingerprint density at radius 1 is 1.14 bits per heavy atom. The average molecular weight is 305 g/mol. The second kappa shape index (κ2) is 4.47. The van der Waals surface area contributed by atoms with Crippen molar-refractivity contribution in [2.45, 2.75) is 77.7 Å². The third kappa shape index (κ3) is 1.74. The quantitative estimate of drug-likeness (QED) is 0.725. The van der Waals surface area contributed by atoms with Crippen molar-refractivity contribution in [3.05, 3.63) is 11.6 Å². The second-order valence-electron chi connectivity index (χ2n) is 8.82. The van der Waals surface area contributed by atoms with Gasteiger partial charge in [-0.1, -0.05) is 19.4 Å². The second-order valence-corrected chi connectivity index (χ2v) is 8.82. The van der Waals surface area contributed by atoms with Gasteiger partial charge in [-0.05, 0) is 86.5 Å². The van der Waals surface area contributed by atoms with Crippen molar-refractivity contribution >= 4 is 5.78 Å². The van der Waals surface area contributed by atoms with E-state index in [1.54, 1.807) is 0 Å². The minimum Gasteiger partial charge on any atom is -0.390 e. The Hall–Kier alpha value is -0.630. The molecule has 6 atom stereocenters. The Balaban J connectivity index is 1.70. The van der Waals surface area contributed by atoms with Crippen LogP contribution >= 0.6 is 0 Å². The molecule has 0 spiro atoms. The van der Waals surface area contributed by atoms with Crippen molar-refractivity contribution < 1.29 is 14.0 Å². The van der Waals surface area contributed by atoms with Crippen LogP contribution in [0.2, 0.25) is 0 Å². The predicted octanol–water partition coefficient (Wildman–Crippen LogP) is 4.27. The number of carbonyl (C=O) groups excluding carboxylic acids is 1. The molecule has 4 aliphatic carbocycles. The minimum atomic E-state index is -2.32. The SMILES string of the molecule is [2H]C([2H])([2H])[C@@]1(O)CC[C@@H]2[C@H]3CCC4=CC(=O)CC[C@@]4(C)[C@@H]3CC[C@]21C. The molecular weight excluding hydrogens is 272 g/mol. The summed E-state index contributed by atoms with van der Waals surface area (Å²) in [5, 5.41) is 11.2. The van der Waals surface area contributed by atoms with Gasteiger partial charge >= 0.3 is 0 Å². The number of hydrogen-bond donors (Lipinski definition) is 1. The maximum absolute atomic E-state index is 11.9. The zero-order valence-corrected chi connectivity index (χ0v) is 13.8. The zero-order chi connectivity index (χ0) is 18.3. The molecule has 3 saturated carbocycles. The summed E-state index contributed by atoms with van der Waals surface area (Å²) >= 11 is 0. The van der Waals surface area contributed by atoms with Crippen LogP contribution in [0.5, 0.6) is 0 Å². The van der Waals surface area contributed by atoms with Gasteiger partial charge in [0.1, 0.15) is 0 Å². The van der Waals surface area contributed by atoms with E-state index in [9.17, 15) is 9.90 Å². The molecule has 22 heavy (non-hydrogen) atoms. The molecule has 2 heteroatoms. The van der Waals surface area contributed by atoms with Crippen LogP contribution in [0.4, 0.5) is 0 Å². The lowest BCUT2D eigenvalue weighted by Gasteiger charge is -2.58. The summed E-state index contributed by atoms with van der Waals surface area (Å²) in [5.74, 6) is 1.56. The van der Waals surface area contributed by atoms with Crippen LogP contribution in [0.3, 0.4) is 0 Å². The van der Waals surface area contributed by atoms with Gasteiger partial charge in [-0.25, -0.2) is 0 Å². The number of hydrogen-bond acceptors (Lipinski definition) is 2. The van der Waals surface area contributed by atoms with Crippen molar-refractivity contribution in [3.8, 4) is 0 Å². The van der Waals surface area contributed by atoms with Gasteiger partial charge in [0.15, 0.2) is 5.78 Å². The molecule has 0 amide bonds. The van der Waals surface area contributed by atoms with E-state index in [2.05, 4.69) is 6.92 Å². The highest BCUT2D eigenvalue weighted by Gasteiger charge is 2.62. The molecule has 0 aromatic heterocycles. The fourth-order valence-corrected chi connectivity index (χ4v) is 6.58. The highest BCUT2D eigenvalue weighted by Crippen LogP contribution is 2.67. The Labute approximate surface area is 138 Å². The Morgan fingerprint density at radius 2 is 1.91 bits per heavy atom. The largest absolute Gasteiger partial charge is 0.390 e. The lowest BCUT2D eigenvalue weighted by molar-refractivity contribution is -0.124. The average Bonchev–Trinajstić information content (AvgIpc) is 2.81. The van der Waals surface area contributed by atoms with Gasteiger partial charge in [0.05, 0.1) is 5.60 Å². The summed E-state index contributed by atoms with van der Waals surface area (Å²) in [5.41, 5.74) is -0.632. The summed E-state index contributed by atoms with van der Waals surface area (Å²) in [6, 6.07) is 0. The van der Waals surface area contributed by atoms with Gasteiger partial charge in [0, 0.05) is 10.5 Å². The van der Waals surface area contributed by atoms with Gasteiger partial charge in [-0.15, -0.1) is 0 Å². The molecule has 3 fully saturated rings. The molecule has 0 aliphatic heterocycles. The van der Waals surface area contributed by atoms with Gasteiger partial charge < -0.3 is 5.11 Å². The third-order valence-electron chi connectivity index (χ3n) is 8.11. The van der Waals surface area contributed by atoms with E-state index in [4.69, 9.17) is 4.11 Å². The first-order valence-corrected chi connectivity index (χ1v) is 8.99. The molecule has 0 bridgehead atoms. The molecule has 0 aromatic carbocycles. The molecular formula is C20H30O2. The van der Waals surface area contributed by atoms with E-state index < -0.39 is 17.9 Å². The summed E-state index contributed by atoms with van der Waals surface area (Å²) in [6.45, 7) is 2.05. The molecule has 4 aliphatic rings. The van der Waals surface area contributed by atoms with Crippen LogP contribution < -0.4 is 0 Å². The molecule has 0 saturated heterocycles. The van der Waals surface area contributed by atoms with Gasteiger partial charge in [-0.3, -0.25) is 4.79 Å². The van der Waals surface area contributed by atoms with Crippen LogP contribution in [0, 0.1) is 28.6 Å². The normalized spacial score (nSPS) is 56.9. The van der Waals surface area contributed by atoms with Crippen molar-refractivity contribution in [1.29, 1.82) is 0 Å². The fourth-order valence-electron chi connectivity index (χ4n) is 6.58. The highest BCUT2D eigenvalue weighted by molar-refractivity contribution is 5.91. The number of allylic oxidation sites excluding steroid dienone is 1. The highest BCUT2D eigenvalue weighted by atomic mass is 16.3. The topological polar surface area (TPSA) is 37.3 Å². The van der Waals surface area contributed by atoms with E-state index in [1.165, 1.54) is 5.57 Å². The Morgan fingerprint density at radius 3 is 2.68 bits per heavy atom. The molecule has 0 aromatic rings. The smallest absolute Gasteiger partial charge is 0.155 e. The Bertz CT molecular complexity index is 639. The first kappa shape index (κ1) is 11.8. The van der Waals surface area contributed by atoms with Crippen LogP contribution in [0.15, 0.2) is 11.6 Å². The number of carbonyl (C=O) groups is 1. The molecule has 122 valence electrons. The number of ketones is 1. The van der Waals surface area contributed by atoms with Gasteiger partial charge in [0.2, 0.25) is 0 Å². The van der Waals surface area contributed by atoms with Crippen LogP contribution in [-0.4, -0.2) is 16.5 Å². The molecule has 0 unspecified atom stereocenters. The third-order valence-corrected chi connectivity index (χ3v) is 8.11. The number of aliphatic hydroxyl groups is 1. The van der Waals surface area contributed by atoms with Crippen molar-refractivity contribution in [3.63, 3.8) is 0 Å². The Kier molecular flexibility index (Phi) is 2.40. The number of rotatable bonds is 0. The fraction of sp³-hybridized carbons (Fsp3) is 0.850. The molecule has 0 radical (unpaired) electrons. The standard InChI is InChI=1S/C20H30O2/c1-18-9-6-14(21)12-13(18)4-5-15-16(18)7-10-19(2)17(15)8-11-20(19,3)22/h12,15-17,22H,4-11H2,1-3H3/t15-,16+,17+,18+,19+,20+/m0/s1/i3D3. The van der Waals surface area contributed by atoms with Crippen molar-refractivity contribution in [2.24, 2.45) is 28.6 Å². The van der Waals surface area contributed by atoms with E-state index in [0.29, 0.717) is 24.7 Å². The van der Waals surface area contributed by atoms with Crippen LogP contribution in [-0.2, 0) is 4.79 Å². The summed E-state index contributed by atoms with van der Waals surface area (Å²) in [7, 11) is 0. The molecule has 4 rings (SSSR count). The van der Waals surface area contributed by atoms with Gasteiger partial charge in [-0.2, -0.15) is 0 Å². The van der Waals surface area contributed by atoms with E-state index in [-0.39, 0.29) is 17.1 Å². The van der Waals surface area contributed by atoms with E-state index in [0.717, 1.165) is 38.5 Å². The maximum atomic E-state index is 11.9.